The topological polar surface area (TPSA) is 109 Å². The van der Waals surface area contributed by atoms with Crippen LogP contribution in [-0.2, 0) is 4.79 Å². The van der Waals surface area contributed by atoms with E-state index in [4.69, 9.17) is 5.84 Å². The predicted octanol–water partition coefficient (Wildman–Crippen LogP) is 0.566. The number of carbonyl (C=O) groups is 2. The molecule has 0 aromatic carbocycles. The first kappa shape index (κ1) is 16.9. The second-order valence-corrected chi connectivity index (χ2v) is 5.36. The molecule has 0 radical (unpaired) electrons. The van der Waals surface area contributed by atoms with Crippen molar-refractivity contribution in [2.24, 2.45) is 11.8 Å². The lowest BCUT2D eigenvalue weighted by Crippen LogP contribution is -2.45. The summed E-state index contributed by atoms with van der Waals surface area (Å²) in [6, 6.07) is 2.55. The van der Waals surface area contributed by atoms with Crippen molar-refractivity contribution in [3.8, 4) is 0 Å². The Bertz CT molecular complexity index is 516. The van der Waals surface area contributed by atoms with Crippen molar-refractivity contribution in [3.63, 3.8) is 0 Å². The number of pyridine rings is 1. The molecular weight excluding hydrogens is 270 g/mol. The standard InChI is InChI=1S/C14H23N5O2/c1-8(2)7-16-13(20)10(4)18-14(21)11-5-9(3)17-12(6-11)19-15/h5-6,8,10H,7,15H2,1-4H3,(H,16,20)(H,17,19)(H,18,21). The average molecular weight is 293 g/mol. The SMILES string of the molecule is Cc1cc(C(=O)NC(C)C(=O)NCC(C)C)cc(NN)n1. The molecule has 0 fully saturated rings. The van der Waals surface area contributed by atoms with Gasteiger partial charge in [-0.05, 0) is 31.9 Å². The molecule has 0 saturated heterocycles. The van der Waals surface area contributed by atoms with Gasteiger partial charge in [0, 0.05) is 17.8 Å². The molecule has 7 heteroatoms. The van der Waals surface area contributed by atoms with E-state index in [1.807, 2.05) is 13.8 Å². The third-order valence-corrected chi connectivity index (χ3v) is 2.79. The van der Waals surface area contributed by atoms with Crippen LogP contribution in [0.15, 0.2) is 12.1 Å². The van der Waals surface area contributed by atoms with E-state index in [1.165, 1.54) is 6.07 Å². The Morgan fingerprint density at radius 3 is 2.52 bits per heavy atom. The number of hydrogen-bond acceptors (Lipinski definition) is 5. The Hall–Kier alpha value is -2.15. The van der Waals surface area contributed by atoms with Crippen molar-refractivity contribution >= 4 is 17.6 Å². The molecule has 1 aromatic rings. The Balaban J connectivity index is 2.68. The minimum absolute atomic E-state index is 0.208. The van der Waals surface area contributed by atoms with E-state index in [-0.39, 0.29) is 11.8 Å². The molecule has 1 heterocycles. The maximum Gasteiger partial charge on any atom is 0.252 e. The molecule has 116 valence electrons. The molecule has 0 spiro atoms. The summed E-state index contributed by atoms with van der Waals surface area (Å²) in [5, 5.41) is 5.43. The minimum Gasteiger partial charge on any atom is -0.354 e. The normalized spacial score (nSPS) is 11.9. The molecule has 0 bridgehead atoms. The first-order chi connectivity index (χ1) is 9.83. The molecule has 2 amide bonds. The smallest absolute Gasteiger partial charge is 0.252 e. The van der Waals surface area contributed by atoms with Crippen molar-refractivity contribution in [3.05, 3.63) is 23.4 Å². The number of nitrogen functional groups attached to an aromatic ring is 1. The van der Waals surface area contributed by atoms with Gasteiger partial charge in [0.15, 0.2) is 0 Å². The van der Waals surface area contributed by atoms with Gasteiger partial charge >= 0.3 is 0 Å². The maximum absolute atomic E-state index is 12.1. The van der Waals surface area contributed by atoms with Gasteiger partial charge in [-0.15, -0.1) is 0 Å². The number of aromatic nitrogens is 1. The molecule has 1 rings (SSSR count). The summed E-state index contributed by atoms with van der Waals surface area (Å²) in [6.07, 6.45) is 0. The van der Waals surface area contributed by atoms with E-state index in [0.29, 0.717) is 29.5 Å². The fourth-order valence-corrected chi connectivity index (χ4v) is 1.68. The van der Waals surface area contributed by atoms with Gasteiger partial charge in [0.05, 0.1) is 0 Å². The maximum atomic E-state index is 12.1. The number of hydrazine groups is 1. The van der Waals surface area contributed by atoms with Crippen LogP contribution < -0.4 is 21.9 Å². The van der Waals surface area contributed by atoms with Crippen LogP contribution in [0.3, 0.4) is 0 Å². The summed E-state index contributed by atoms with van der Waals surface area (Å²) in [5.74, 6) is 5.50. The number of anilines is 1. The fraction of sp³-hybridized carbons (Fsp3) is 0.500. The summed E-state index contributed by atoms with van der Waals surface area (Å²) in [5.41, 5.74) is 3.46. The second-order valence-electron chi connectivity index (χ2n) is 5.36. The van der Waals surface area contributed by atoms with Gasteiger partial charge < -0.3 is 16.1 Å². The summed E-state index contributed by atoms with van der Waals surface area (Å²) >= 11 is 0. The zero-order valence-corrected chi connectivity index (χ0v) is 12.9. The van der Waals surface area contributed by atoms with Gasteiger partial charge in [-0.1, -0.05) is 13.8 Å². The lowest BCUT2D eigenvalue weighted by atomic mass is 10.2. The van der Waals surface area contributed by atoms with Gasteiger partial charge in [-0.25, -0.2) is 10.8 Å². The van der Waals surface area contributed by atoms with Crippen LogP contribution in [0.1, 0.15) is 36.8 Å². The molecule has 1 unspecified atom stereocenters. The van der Waals surface area contributed by atoms with Crippen LogP contribution in [0, 0.1) is 12.8 Å². The molecule has 1 atom stereocenters. The zero-order chi connectivity index (χ0) is 16.0. The molecule has 0 aliphatic rings. The van der Waals surface area contributed by atoms with E-state index in [0.717, 1.165) is 0 Å². The van der Waals surface area contributed by atoms with Crippen molar-refractivity contribution in [1.29, 1.82) is 0 Å². The highest BCUT2D eigenvalue weighted by atomic mass is 16.2. The van der Waals surface area contributed by atoms with Crippen molar-refractivity contribution in [2.45, 2.75) is 33.7 Å². The largest absolute Gasteiger partial charge is 0.354 e. The average Bonchev–Trinajstić information content (AvgIpc) is 2.43. The van der Waals surface area contributed by atoms with E-state index in [9.17, 15) is 9.59 Å². The van der Waals surface area contributed by atoms with Gasteiger partial charge in [-0.2, -0.15) is 0 Å². The first-order valence-corrected chi connectivity index (χ1v) is 6.87. The zero-order valence-electron chi connectivity index (χ0n) is 12.9. The summed E-state index contributed by atoms with van der Waals surface area (Å²) < 4.78 is 0. The van der Waals surface area contributed by atoms with E-state index >= 15 is 0 Å². The number of rotatable bonds is 6. The van der Waals surface area contributed by atoms with Crippen LogP contribution >= 0.6 is 0 Å². The van der Waals surface area contributed by atoms with Crippen molar-refractivity contribution < 1.29 is 9.59 Å². The summed E-state index contributed by atoms with van der Waals surface area (Å²) in [6.45, 7) is 7.99. The molecule has 5 N–H and O–H groups in total. The number of carbonyl (C=O) groups excluding carboxylic acids is 2. The van der Waals surface area contributed by atoms with Crippen LogP contribution in [0.4, 0.5) is 5.82 Å². The van der Waals surface area contributed by atoms with Crippen LogP contribution in [0.2, 0.25) is 0 Å². The van der Waals surface area contributed by atoms with E-state index < -0.39 is 6.04 Å². The monoisotopic (exact) mass is 293 g/mol. The van der Waals surface area contributed by atoms with Crippen molar-refractivity contribution in [1.82, 2.24) is 15.6 Å². The van der Waals surface area contributed by atoms with Gasteiger partial charge in [0.1, 0.15) is 11.9 Å². The van der Waals surface area contributed by atoms with E-state index in [2.05, 4.69) is 21.0 Å². The molecular formula is C14H23N5O2. The molecule has 0 aliphatic carbocycles. The molecule has 0 saturated carbocycles. The Morgan fingerprint density at radius 2 is 1.95 bits per heavy atom. The number of nitrogens with two attached hydrogens (primary N) is 1. The number of amides is 2. The number of nitrogens with zero attached hydrogens (tertiary/aromatic N) is 1. The van der Waals surface area contributed by atoms with Crippen LogP contribution in [0.5, 0.6) is 0 Å². The van der Waals surface area contributed by atoms with Gasteiger partial charge in [0.25, 0.3) is 5.91 Å². The quantitative estimate of drug-likeness (QED) is 0.453. The molecule has 7 nitrogen and oxygen atoms in total. The molecule has 21 heavy (non-hydrogen) atoms. The number of hydrogen-bond donors (Lipinski definition) is 4. The van der Waals surface area contributed by atoms with Crippen molar-refractivity contribution in [2.75, 3.05) is 12.0 Å². The first-order valence-electron chi connectivity index (χ1n) is 6.87. The minimum atomic E-state index is -0.612. The van der Waals surface area contributed by atoms with Gasteiger partial charge in [-0.3, -0.25) is 9.59 Å². The number of aryl methyl sites for hydroxylation is 1. The van der Waals surface area contributed by atoms with E-state index in [1.54, 1.807) is 19.9 Å². The highest BCUT2D eigenvalue weighted by molar-refractivity contribution is 5.98. The lowest BCUT2D eigenvalue weighted by Gasteiger charge is -2.15. The summed E-state index contributed by atoms with van der Waals surface area (Å²) in [7, 11) is 0. The summed E-state index contributed by atoms with van der Waals surface area (Å²) in [4.78, 5) is 28.1. The fourth-order valence-electron chi connectivity index (χ4n) is 1.68. The highest BCUT2D eigenvalue weighted by Crippen LogP contribution is 2.09. The third-order valence-electron chi connectivity index (χ3n) is 2.79. The Labute approximate surface area is 124 Å². The third kappa shape index (κ3) is 5.39. The van der Waals surface area contributed by atoms with Crippen LogP contribution in [-0.4, -0.2) is 29.4 Å². The Morgan fingerprint density at radius 1 is 1.29 bits per heavy atom. The van der Waals surface area contributed by atoms with Crippen LogP contribution in [0.25, 0.3) is 0 Å². The highest BCUT2D eigenvalue weighted by Gasteiger charge is 2.17. The van der Waals surface area contributed by atoms with Gasteiger partial charge in [0.2, 0.25) is 5.91 Å². The molecule has 0 aliphatic heterocycles. The predicted molar refractivity (Wildman–Crippen MR) is 81.6 cm³/mol. The Kier molecular flexibility index (Phi) is 6.10. The molecule has 1 aromatic heterocycles. The lowest BCUT2D eigenvalue weighted by molar-refractivity contribution is -0.122. The number of nitrogens with one attached hydrogen (secondary N) is 3. The second kappa shape index (κ2) is 7.58.